The average molecular weight is 272 g/mol. The average Bonchev–Trinajstić information content (AvgIpc) is 2.49. The zero-order valence-corrected chi connectivity index (χ0v) is 11.5. The number of hydrogen-bond acceptors (Lipinski definition) is 4. The lowest BCUT2D eigenvalue weighted by atomic mass is 10.2. The van der Waals surface area contributed by atoms with Crippen LogP contribution < -0.4 is 14.2 Å². The molecule has 0 atom stereocenters. The molecule has 0 heterocycles. The molecule has 0 radical (unpaired) electrons. The number of esters is 1. The van der Waals surface area contributed by atoms with Crippen LogP contribution in [0.2, 0.25) is 0 Å². The first-order valence-corrected chi connectivity index (χ1v) is 6.32. The molecule has 0 aliphatic rings. The highest BCUT2D eigenvalue weighted by Gasteiger charge is 2.12. The molecule has 0 unspecified atom stereocenters. The second kappa shape index (κ2) is 6.61. The van der Waals surface area contributed by atoms with Crippen LogP contribution in [0.3, 0.4) is 0 Å². The van der Waals surface area contributed by atoms with Gasteiger partial charge < -0.3 is 14.2 Å². The Morgan fingerprint density at radius 2 is 1.65 bits per heavy atom. The van der Waals surface area contributed by atoms with Crippen LogP contribution in [-0.2, 0) is 0 Å². The van der Waals surface area contributed by atoms with Gasteiger partial charge >= 0.3 is 5.97 Å². The maximum absolute atomic E-state index is 12.1. The van der Waals surface area contributed by atoms with Gasteiger partial charge in [0.25, 0.3) is 0 Å². The molecule has 0 spiro atoms. The summed E-state index contributed by atoms with van der Waals surface area (Å²) in [4.78, 5) is 12.1. The topological polar surface area (TPSA) is 44.8 Å². The van der Waals surface area contributed by atoms with Crippen molar-refractivity contribution in [3.8, 4) is 17.2 Å². The standard InChI is InChI=1S/C16H16O4/c1-3-19-14-6-4-5-7-15(14)20-16(17)12-8-10-13(18-2)11-9-12/h4-11H,3H2,1-2H3. The van der Waals surface area contributed by atoms with Gasteiger partial charge in [0.15, 0.2) is 11.5 Å². The first-order valence-electron chi connectivity index (χ1n) is 6.32. The highest BCUT2D eigenvalue weighted by atomic mass is 16.6. The predicted molar refractivity (Wildman–Crippen MR) is 75.6 cm³/mol. The number of hydrogen-bond donors (Lipinski definition) is 0. The summed E-state index contributed by atoms with van der Waals surface area (Å²) in [5.74, 6) is 1.23. The van der Waals surface area contributed by atoms with Crippen molar-refractivity contribution in [2.24, 2.45) is 0 Å². The van der Waals surface area contributed by atoms with Gasteiger partial charge in [0.2, 0.25) is 0 Å². The maximum atomic E-state index is 12.1. The molecule has 0 bridgehead atoms. The van der Waals surface area contributed by atoms with Crippen LogP contribution in [0.15, 0.2) is 48.5 Å². The summed E-state index contributed by atoms with van der Waals surface area (Å²) < 4.78 is 15.8. The fraction of sp³-hybridized carbons (Fsp3) is 0.188. The molecular weight excluding hydrogens is 256 g/mol. The van der Waals surface area contributed by atoms with E-state index in [1.807, 2.05) is 13.0 Å². The molecule has 0 saturated carbocycles. The highest BCUT2D eigenvalue weighted by molar-refractivity contribution is 5.91. The van der Waals surface area contributed by atoms with E-state index in [1.165, 1.54) is 0 Å². The van der Waals surface area contributed by atoms with E-state index in [1.54, 1.807) is 49.6 Å². The van der Waals surface area contributed by atoms with Crippen molar-refractivity contribution in [1.82, 2.24) is 0 Å². The SMILES string of the molecule is CCOc1ccccc1OC(=O)c1ccc(OC)cc1. The lowest BCUT2D eigenvalue weighted by molar-refractivity contribution is 0.0728. The van der Waals surface area contributed by atoms with E-state index in [0.717, 1.165) is 0 Å². The van der Waals surface area contributed by atoms with E-state index < -0.39 is 5.97 Å². The van der Waals surface area contributed by atoms with Gasteiger partial charge in [-0.05, 0) is 43.3 Å². The van der Waals surface area contributed by atoms with Crippen molar-refractivity contribution in [2.45, 2.75) is 6.92 Å². The molecule has 0 saturated heterocycles. The molecule has 0 aliphatic heterocycles. The van der Waals surface area contributed by atoms with E-state index >= 15 is 0 Å². The van der Waals surface area contributed by atoms with Gasteiger partial charge in [-0.3, -0.25) is 0 Å². The second-order valence-electron chi connectivity index (χ2n) is 4.00. The van der Waals surface area contributed by atoms with Gasteiger partial charge in [0.1, 0.15) is 5.75 Å². The second-order valence-corrected chi connectivity index (χ2v) is 4.00. The minimum atomic E-state index is -0.431. The fourth-order valence-corrected chi connectivity index (χ4v) is 1.70. The fourth-order valence-electron chi connectivity index (χ4n) is 1.70. The lowest BCUT2D eigenvalue weighted by Gasteiger charge is -2.10. The summed E-state index contributed by atoms with van der Waals surface area (Å²) in [6.07, 6.45) is 0. The van der Waals surface area contributed by atoms with Gasteiger partial charge in [0, 0.05) is 0 Å². The smallest absolute Gasteiger partial charge is 0.343 e. The molecule has 0 fully saturated rings. The molecular formula is C16H16O4. The maximum Gasteiger partial charge on any atom is 0.343 e. The number of para-hydroxylation sites is 2. The molecule has 0 N–H and O–H groups in total. The summed E-state index contributed by atoms with van der Waals surface area (Å²) >= 11 is 0. The summed E-state index contributed by atoms with van der Waals surface area (Å²) in [6, 6.07) is 13.8. The minimum absolute atomic E-state index is 0.412. The summed E-state index contributed by atoms with van der Waals surface area (Å²) in [5.41, 5.74) is 0.456. The Morgan fingerprint density at radius 3 is 2.25 bits per heavy atom. The van der Waals surface area contributed by atoms with E-state index in [4.69, 9.17) is 14.2 Å². The Balaban J connectivity index is 2.14. The van der Waals surface area contributed by atoms with Crippen LogP contribution in [0.4, 0.5) is 0 Å². The first-order chi connectivity index (χ1) is 9.74. The number of benzene rings is 2. The number of methoxy groups -OCH3 is 1. The Hall–Kier alpha value is -2.49. The normalized spacial score (nSPS) is 9.90. The third kappa shape index (κ3) is 3.29. The summed E-state index contributed by atoms with van der Waals surface area (Å²) in [6.45, 7) is 2.39. The van der Waals surface area contributed by atoms with Crippen LogP contribution in [0.1, 0.15) is 17.3 Å². The largest absolute Gasteiger partial charge is 0.497 e. The summed E-state index contributed by atoms with van der Waals surface area (Å²) in [5, 5.41) is 0. The monoisotopic (exact) mass is 272 g/mol. The van der Waals surface area contributed by atoms with Crippen molar-refractivity contribution in [2.75, 3.05) is 13.7 Å². The molecule has 0 amide bonds. The highest BCUT2D eigenvalue weighted by Crippen LogP contribution is 2.27. The van der Waals surface area contributed by atoms with E-state index in [2.05, 4.69) is 0 Å². The van der Waals surface area contributed by atoms with Crippen LogP contribution >= 0.6 is 0 Å². The number of ether oxygens (including phenoxy) is 3. The van der Waals surface area contributed by atoms with Crippen molar-refractivity contribution in [1.29, 1.82) is 0 Å². The Labute approximate surface area is 117 Å². The zero-order valence-electron chi connectivity index (χ0n) is 11.5. The summed E-state index contributed by atoms with van der Waals surface area (Å²) in [7, 11) is 1.58. The molecule has 0 aliphatic carbocycles. The van der Waals surface area contributed by atoms with E-state index in [9.17, 15) is 4.79 Å². The van der Waals surface area contributed by atoms with Gasteiger partial charge in [-0.15, -0.1) is 0 Å². The Kier molecular flexibility index (Phi) is 4.60. The Bertz CT molecular complexity index is 575. The van der Waals surface area contributed by atoms with Gasteiger partial charge in [-0.1, -0.05) is 12.1 Å². The minimum Gasteiger partial charge on any atom is -0.497 e. The van der Waals surface area contributed by atoms with Crippen molar-refractivity contribution in [3.05, 3.63) is 54.1 Å². The number of carbonyl (C=O) groups is 1. The third-order valence-electron chi connectivity index (χ3n) is 2.68. The molecule has 104 valence electrons. The number of rotatable bonds is 5. The predicted octanol–water partition coefficient (Wildman–Crippen LogP) is 3.31. The van der Waals surface area contributed by atoms with E-state index in [0.29, 0.717) is 29.4 Å². The molecule has 20 heavy (non-hydrogen) atoms. The van der Waals surface area contributed by atoms with Crippen LogP contribution in [-0.4, -0.2) is 19.7 Å². The zero-order chi connectivity index (χ0) is 14.4. The van der Waals surface area contributed by atoms with Crippen molar-refractivity contribution < 1.29 is 19.0 Å². The van der Waals surface area contributed by atoms with E-state index in [-0.39, 0.29) is 0 Å². The van der Waals surface area contributed by atoms with Crippen LogP contribution in [0, 0.1) is 0 Å². The Morgan fingerprint density at radius 1 is 1.00 bits per heavy atom. The van der Waals surface area contributed by atoms with Crippen molar-refractivity contribution >= 4 is 5.97 Å². The van der Waals surface area contributed by atoms with Crippen LogP contribution in [0.5, 0.6) is 17.2 Å². The van der Waals surface area contributed by atoms with Gasteiger partial charge in [-0.2, -0.15) is 0 Å². The molecule has 2 aromatic carbocycles. The van der Waals surface area contributed by atoms with Crippen LogP contribution in [0.25, 0.3) is 0 Å². The third-order valence-corrected chi connectivity index (χ3v) is 2.68. The molecule has 4 heteroatoms. The molecule has 2 aromatic rings. The molecule has 2 rings (SSSR count). The van der Waals surface area contributed by atoms with Gasteiger partial charge in [-0.25, -0.2) is 4.79 Å². The number of carbonyl (C=O) groups excluding carboxylic acids is 1. The first kappa shape index (κ1) is 13.9. The molecule has 4 nitrogen and oxygen atoms in total. The quantitative estimate of drug-likeness (QED) is 0.618. The van der Waals surface area contributed by atoms with Crippen molar-refractivity contribution in [3.63, 3.8) is 0 Å². The van der Waals surface area contributed by atoms with Gasteiger partial charge in [0.05, 0.1) is 19.3 Å². The lowest BCUT2D eigenvalue weighted by Crippen LogP contribution is -2.09. The molecule has 0 aromatic heterocycles.